The van der Waals surface area contributed by atoms with Gasteiger partial charge in [-0.2, -0.15) is 0 Å². The van der Waals surface area contributed by atoms with Crippen molar-refractivity contribution in [1.82, 2.24) is 0 Å². The van der Waals surface area contributed by atoms with E-state index in [1.807, 2.05) is 49.4 Å². The molecule has 1 aromatic rings. The quantitative estimate of drug-likeness (QED) is 0.712. The highest BCUT2D eigenvalue weighted by Gasteiger charge is 2.16. The van der Waals surface area contributed by atoms with Crippen LogP contribution in [0.25, 0.3) is 6.08 Å². The number of carbonyl (C=O) groups excluding carboxylic acids is 1. The van der Waals surface area contributed by atoms with Crippen molar-refractivity contribution < 1.29 is 4.79 Å². The van der Waals surface area contributed by atoms with Gasteiger partial charge < -0.3 is 0 Å². The Balaban J connectivity index is 2.19. The zero-order valence-electron chi connectivity index (χ0n) is 8.86. The Labute approximate surface area is 90.1 Å². The molecule has 1 aliphatic rings. The third-order valence-corrected chi connectivity index (χ3v) is 2.73. The molecule has 0 saturated heterocycles. The van der Waals surface area contributed by atoms with Crippen molar-refractivity contribution in [2.24, 2.45) is 0 Å². The molecule has 1 aliphatic carbocycles. The molecule has 2 rings (SSSR count). The first-order chi connectivity index (χ1) is 7.27. The number of benzene rings is 1. The second-order valence-corrected chi connectivity index (χ2v) is 3.86. The van der Waals surface area contributed by atoms with Gasteiger partial charge in [0.1, 0.15) is 0 Å². The maximum absolute atomic E-state index is 11.5. The van der Waals surface area contributed by atoms with E-state index in [2.05, 4.69) is 0 Å². The molecule has 1 nitrogen and oxygen atoms in total. The van der Waals surface area contributed by atoms with Crippen LogP contribution in [0.4, 0.5) is 0 Å². The minimum atomic E-state index is 0.277. The summed E-state index contributed by atoms with van der Waals surface area (Å²) in [6, 6.07) is 10.1. The van der Waals surface area contributed by atoms with Crippen LogP contribution < -0.4 is 0 Å². The smallest absolute Gasteiger partial charge is 0.163 e. The topological polar surface area (TPSA) is 17.1 Å². The molecule has 1 aromatic carbocycles. The third-order valence-electron chi connectivity index (χ3n) is 2.73. The summed E-state index contributed by atoms with van der Waals surface area (Å²) in [5.41, 5.74) is 3.25. The molecule has 0 bridgehead atoms. The monoisotopic (exact) mass is 198 g/mol. The van der Waals surface area contributed by atoms with Crippen molar-refractivity contribution in [3.05, 3.63) is 53.1 Å². The fourth-order valence-electron chi connectivity index (χ4n) is 1.79. The van der Waals surface area contributed by atoms with Crippen molar-refractivity contribution in [2.45, 2.75) is 19.8 Å². The summed E-state index contributed by atoms with van der Waals surface area (Å²) in [6.45, 7) is 2.04. The summed E-state index contributed by atoms with van der Waals surface area (Å²) in [5.74, 6) is 0.277. The molecule has 0 radical (unpaired) electrons. The van der Waals surface area contributed by atoms with Gasteiger partial charge in [-0.1, -0.05) is 48.1 Å². The number of hydrogen-bond donors (Lipinski definition) is 0. The third kappa shape index (κ3) is 2.24. The van der Waals surface area contributed by atoms with E-state index in [0.717, 1.165) is 17.6 Å². The predicted octanol–water partition coefficient (Wildman–Crippen LogP) is 3.38. The molecule has 0 atom stereocenters. The normalized spacial score (nSPS) is 16.7. The maximum atomic E-state index is 11.5. The van der Waals surface area contributed by atoms with Crippen LogP contribution in [0.3, 0.4) is 0 Å². The van der Waals surface area contributed by atoms with Gasteiger partial charge in [-0.15, -0.1) is 0 Å². The highest BCUT2D eigenvalue weighted by Crippen LogP contribution is 2.23. The van der Waals surface area contributed by atoms with Gasteiger partial charge in [0.15, 0.2) is 5.78 Å². The number of rotatable bonds is 2. The Morgan fingerprint density at radius 3 is 2.40 bits per heavy atom. The van der Waals surface area contributed by atoms with Crippen molar-refractivity contribution >= 4 is 11.9 Å². The molecule has 0 aliphatic heterocycles. The highest BCUT2D eigenvalue weighted by molar-refractivity contribution is 6.02. The number of carbonyl (C=O) groups is 1. The first-order valence-corrected chi connectivity index (χ1v) is 5.23. The molecule has 0 unspecified atom stereocenters. The molecular weight excluding hydrogens is 184 g/mol. The second kappa shape index (κ2) is 4.26. The lowest BCUT2D eigenvalue weighted by Crippen LogP contribution is -1.92. The molecule has 0 saturated carbocycles. The van der Waals surface area contributed by atoms with E-state index in [4.69, 9.17) is 0 Å². The van der Waals surface area contributed by atoms with Gasteiger partial charge >= 0.3 is 0 Å². The van der Waals surface area contributed by atoms with E-state index in [-0.39, 0.29) is 5.78 Å². The Morgan fingerprint density at radius 2 is 1.80 bits per heavy atom. The molecule has 0 fully saturated rings. The molecule has 15 heavy (non-hydrogen) atoms. The van der Waals surface area contributed by atoms with E-state index in [0.29, 0.717) is 6.42 Å². The summed E-state index contributed by atoms with van der Waals surface area (Å²) in [7, 11) is 0. The number of allylic oxidation sites excluding steroid dienone is 3. The standard InChI is InChI=1S/C14H14O/c1-11-7-10-14(15)13(11)9-8-12-5-3-2-4-6-12/h2-6,8-9H,7,10H2,1H3/b9-8+. The molecule has 1 heteroatoms. The second-order valence-electron chi connectivity index (χ2n) is 3.86. The number of Topliss-reactive ketones (excluding diaryl/α,β-unsaturated/α-hetero) is 1. The average Bonchev–Trinajstić information content (AvgIpc) is 2.58. The lowest BCUT2D eigenvalue weighted by Gasteiger charge is -1.94. The van der Waals surface area contributed by atoms with E-state index in [9.17, 15) is 4.79 Å². The lowest BCUT2D eigenvalue weighted by molar-refractivity contribution is -0.114. The van der Waals surface area contributed by atoms with Gasteiger partial charge in [-0.25, -0.2) is 0 Å². The summed E-state index contributed by atoms with van der Waals surface area (Å²) in [4.78, 5) is 11.5. The SMILES string of the molecule is CC1=C(/C=C/c2ccccc2)C(=O)CC1. The van der Waals surface area contributed by atoms with Crippen LogP contribution in [0.2, 0.25) is 0 Å². The zero-order valence-corrected chi connectivity index (χ0v) is 8.86. The van der Waals surface area contributed by atoms with Gasteiger partial charge in [0, 0.05) is 12.0 Å². The van der Waals surface area contributed by atoms with Crippen LogP contribution in [0.15, 0.2) is 47.6 Å². The van der Waals surface area contributed by atoms with Gasteiger partial charge in [0.25, 0.3) is 0 Å². The summed E-state index contributed by atoms with van der Waals surface area (Å²) in [5, 5.41) is 0. The van der Waals surface area contributed by atoms with Crippen LogP contribution in [-0.4, -0.2) is 5.78 Å². The minimum absolute atomic E-state index is 0.277. The van der Waals surface area contributed by atoms with Gasteiger partial charge in [0.05, 0.1) is 0 Å². The van der Waals surface area contributed by atoms with E-state index >= 15 is 0 Å². The van der Waals surface area contributed by atoms with E-state index in [1.54, 1.807) is 0 Å². The molecule has 0 aromatic heterocycles. The minimum Gasteiger partial charge on any atom is -0.294 e. The Kier molecular flexibility index (Phi) is 2.82. The van der Waals surface area contributed by atoms with Gasteiger partial charge in [-0.3, -0.25) is 4.79 Å². The number of hydrogen-bond acceptors (Lipinski definition) is 1. The zero-order chi connectivity index (χ0) is 10.7. The largest absolute Gasteiger partial charge is 0.294 e. The lowest BCUT2D eigenvalue weighted by atomic mass is 10.1. The fraction of sp³-hybridized carbons (Fsp3) is 0.214. The van der Waals surface area contributed by atoms with Crippen LogP contribution >= 0.6 is 0 Å². The summed E-state index contributed by atoms with van der Waals surface area (Å²) >= 11 is 0. The molecule has 0 amide bonds. The molecule has 76 valence electrons. The Morgan fingerprint density at radius 1 is 1.07 bits per heavy atom. The first kappa shape index (κ1) is 9.91. The maximum Gasteiger partial charge on any atom is 0.163 e. The van der Waals surface area contributed by atoms with E-state index < -0.39 is 0 Å². The molecular formula is C14H14O. The van der Waals surface area contributed by atoms with Crippen LogP contribution in [0, 0.1) is 0 Å². The predicted molar refractivity (Wildman–Crippen MR) is 62.4 cm³/mol. The first-order valence-electron chi connectivity index (χ1n) is 5.23. The van der Waals surface area contributed by atoms with E-state index in [1.165, 1.54) is 5.57 Å². The van der Waals surface area contributed by atoms with Crippen molar-refractivity contribution in [3.63, 3.8) is 0 Å². The van der Waals surface area contributed by atoms with Crippen LogP contribution in [0.5, 0.6) is 0 Å². The molecule has 0 N–H and O–H groups in total. The molecule has 0 heterocycles. The van der Waals surface area contributed by atoms with Gasteiger partial charge in [-0.05, 0) is 18.9 Å². The van der Waals surface area contributed by atoms with Gasteiger partial charge in [0.2, 0.25) is 0 Å². The Hall–Kier alpha value is -1.63. The number of ketones is 1. The fourth-order valence-corrected chi connectivity index (χ4v) is 1.79. The van der Waals surface area contributed by atoms with Crippen molar-refractivity contribution in [2.75, 3.05) is 0 Å². The van der Waals surface area contributed by atoms with Crippen LogP contribution in [-0.2, 0) is 4.79 Å². The Bertz CT molecular complexity index is 424. The summed E-state index contributed by atoms with van der Waals surface area (Å²) < 4.78 is 0. The van der Waals surface area contributed by atoms with Crippen molar-refractivity contribution in [3.8, 4) is 0 Å². The average molecular weight is 198 g/mol. The highest BCUT2D eigenvalue weighted by atomic mass is 16.1. The summed E-state index contributed by atoms with van der Waals surface area (Å²) in [6.07, 6.45) is 5.55. The van der Waals surface area contributed by atoms with Crippen LogP contribution in [0.1, 0.15) is 25.3 Å². The van der Waals surface area contributed by atoms with Crippen molar-refractivity contribution in [1.29, 1.82) is 0 Å². The molecule has 0 spiro atoms.